The number of likely N-dealkylation sites (tertiary alicyclic amines) is 1. The van der Waals surface area contributed by atoms with E-state index in [9.17, 15) is 14.7 Å². The summed E-state index contributed by atoms with van der Waals surface area (Å²) in [5, 5.41) is 15.6. The Kier molecular flexibility index (Phi) is 6.38. The SMILES string of the molecule is Cc1nn(C)c(C)c1C(O)=C1C(=O)C(=O)N(CCCN2CCOCC2)[C@@H]1c1ccccn1. The van der Waals surface area contributed by atoms with E-state index in [0.29, 0.717) is 43.1 Å². The first-order chi connectivity index (χ1) is 15.4. The predicted molar refractivity (Wildman–Crippen MR) is 118 cm³/mol. The molecule has 2 fully saturated rings. The van der Waals surface area contributed by atoms with E-state index in [1.165, 1.54) is 4.90 Å². The number of pyridine rings is 1. The van der Waals surface area contributed by atoms with Crippen molar-refractivity contribution in [1.29, 1.82) is 0 Å². The molecule has 2 aromatic heterocycles. The zero-order valence-electron chi connectivity index (χ0n) is 18.7. The lowest BCUT2D eigenvalue weighted by molar-refractivity contribution is -0.140. The van der Waals surface area contributed by atoms with Crippen LogP contribution in [-0.2, 0) is 21.4 Å². The number of rotatable bonds is 6. The van der Waals surface area contributed by atoms with Gasteiger partial charge in [-0.3, -0.25) is 24.2 Å². The number of aliphatic hydroxyl groups is 1. The van der Waals surface area contributed by atoms with Gasteiger partial charge in [0.15, 0.2) is 0 Å². The number of ketones is 1. The van der Waals surface area contributed by atoms with Gasteiger partial charge in [0, 0.05) is 45.1 Å². The first-order valence-corrected chi connectivity index (χ1v) is 10.9. The van der Waals surface area contributed by atoms with Crippen LogP contribution in [0, 0.1) is 13.8 Å². The molecule has 9 heteroatoms. The van der Waals surface area contributed by atoms with Crippen molar-refractivity contribution in [3.8, 4) is 0 Å². The van der Waals surface area contributed by atoms with Crippen LogP contribution in [0.5, 0.6) is 0 Å². The van der Waals surface area contributed by atoms with Crippen LogP contribution in [0.15, 0.2) is 30.0 Å². The highest BCUT2D eigenvalue weighted by molar-refractivity contribution is 6.46. The average Bonchev–Trinajstić information content (AvgIpc) is 3.20. The smallest absolute Gasteiger partial charge is 0.295 e. The molecular formula is C23H29N5O4. The first-order valence-electron chi connectivity index (χ1n) is 10.9. The molecule has 2 aliphatic rings. The summed E-state index contributed by atoms with van der Waals surface area (Å²) < 4.78 is 7.04. The number of Topliss-reactive ketones (excluding diaryl/α,β-unsaturated/α-hetero) is 1. The number of ether oxygens (including phenoxy) is 1. The second-order valence-electron chi connectivity index (χ2n) is 8.22. The highest BCUT2D eigenvalue weighted by atomic mass is 16.5. The number of carbonyl (C=O) groups is 2. The second-order valence-corrected chi connectivity index (χ2v) is 8.22. The lowest BCUT2D eigenvalue weighted by atomic mass is 9.97. The Morgan fingerprint density at radius 2 is 1.94 bits per heavy atom. The van der Waals surface area contributed by atoms with Crippen molar-refractivity contribution in [2.75, 3.05) is 39.4 Å². The molecule has 1 N–H and O–H groups in total. The topological polar surface area (TPSA) is 101 Å². The van der Waals surface area contributed by atoms with Crippen LogP contribution in [-0.4, -0.2) is 80.8 Å². The number of aryl methyl sites for hydroxylation is 2. The summed E-state index contributed by atoms with van der Waals surface area (Å²) in [6.07, 6.45) is 2.34. The lowest BCUT2D eigenvalue weighted by Gasteiger charge is -2.28. The largest absolute Gasteiger partial charge is 0.507 e. The van der Waals surface area contributed by atoms with E-state index >= 15 is 0 Å². The Morgan fingerprint density at radius 3 is 2.56 bits per heavy atom. The van der Waals surface area contributed by atoms with E-state index < -0.39 is 17.7 Å². The van der Waals surface area contributed by atoms with Gasteiger partial charge in [0.25, 0.3) is 11.7 Å². The van der Waals surface area contributed by atoms with Gasteiger partial charge in [0.2, 0.25) is 0 Å². The number of amides is 1. The van der Waals surface area contributed by atoms with Gasteiger partial charge in [-0.2, -0.15) is 5.10 Å². The normalized spacial score (nSPS) is 21.5. The molecule has 4 rings (SSSR count). The van der Waals surface area contributed by atoms with Crippen molar-refractivity contribution in [1.82, 2.24) is 24.6 Å². The number of aromatic nitrogens is 3. The minimum atomic E-state index is -0.736. The fraction of sp³-hybridized carbons (Fsp3) is 0.478. The molecule has 0 aromatic carbocycles. The maximum atomic E-state index is 13.1. The van der Waals surface area contributed by atoms with E-state index in [1.54, 1.807) is 37.0 Å². The van der Waals surface area contributed by atoms with Crippen molar-refractivity contribution in [2.45, 2.75) is 26.3 Å². The molecule has 9 nitrogen and oxygen atoms in total. The van der Waals surface area contributed by atoms with Crippen molar-refractivity contribution in [3.63, 3.8) is 0 Å². The molecule has 0 radical (unpaired) electrons. The first kappa shape index (κ1) is 22.2. The van der Waals surface area contributed by atoms with Crippen molar-refractivity contribution >= 4 is 17.4 Å². The van der Waals surface area contributed by atoms with Gasteiger partial charge < -0.3 is 14.7 Å². The number of morpholine rings is 1. The minimum Gasteiger partial charge on any atom is -0.507 e. The quantitative estimate of drug-likeness (QED) is 0.414. The van der Waals surface area contributed by atoms with E-state index in [4.69, 9.17) is 4.74 Å². The summed E-state index contributed by atoms with van der Waals surface area (Å²) in [7, 11) is 1.78. The fourth-order valence-corrected chi connectivity index (χ4v) is 4.50. The highest BCUT2D eigenvalue weighted by Crippen LogP contribution is 2.39. The van der Waals surface area contributed by atoms with E-state index in [-0.39, 0.29) is 11.3 Å². The Bertz CT molecular complexity index is 1040. The Morgan fingerprint density at radius 1 is 1.19 bits per heavy atom. The van der Waals surface area contributed by atoms with Gasteiger partial charge in [0.05, 0.1) is 35.7 Å². The van der Waals surface area contributed by atoms with Gasteiger partial charge >= 0.3 is 0 Å². The van der Waals surface area contributed by atoms with Crippen molar-refractivity contribution in [3.05, 3.63) is 52.6 Å². The standard InChI is InChI=1S/C23H29N5O4/c1-15-18(16(2)26(3)25-15)21(29)19-20(17-7-4-5-8-24-17)28(23(31)22(19)30)10-6-9-27-11-13-32-14-12-27/h4-5,7-8,20,29H,6,9-14H2,1-3H3/t20-/m1/s1. The summed E-state index contributed by atoms with van der Waals surface area (Å²) in [6, 6.07) is 4.64. The maximum absolute atomic E-state index is 13.1. The van der Waals surface area contributed by atoms with Crippen LogP contribution in [0.3, 0.4) is 0 Å². The monoisotopic (exact) mass is 439 g/mol. The van der Waals surface area contributed by atoms with Gasteiger partial charge in [-0.25, -0.2) is 0 Å². The molecule has 0 unspecified atom stereocenters. The van der Waals surface area contributed by atoms with E-state index in [1.807, 2.05) is 13.0 Å². The third-order valence-corrected chi connectivity index (χ3v) is 6.23. The van der Waals surface area contributed by atoms with Crippen LogP contribution >= 0.6 is 0 Å². The maximum Gasteiger partial charge on any atom is 0.295 e. The molecule has 2 saturated heterocycles. The molecule has 0 spiro atoms. The van der Waals surface area contributed by atoms with E-state index in [0.717, 1.165) is 25.3 Å². The zero-order chi connectivity index (χ0) is 22.8. The Hall–Kier alpha value is -3.04. The molecule has 2 aromatic rings. The summed E-state index contributed by atoms with van der Waals surface area (Å²) in [6.45, 7) is 7.95. The molecule has 1 amide bonds. The van der Waals surface area contributed by atoms with Gasteiger partial charge in [-0.1, -0.05) is 6.07 Å². The van der Waals surface area contributed by atoms with Crippen LogP contribution in [0.4, 0.5) is 0 Å². The van der Waals surface area contributed by atoms with Gasteiger partial charge in [-0.15, -0.1) is 0 Å². The molecule has 4 heterocycles. The molecule has 32 heavy (non-hydrogen) atoms. The molecule has 0 saturated carbocycles. The highest BCUT2D eigenvalue weighted by Gasteiger charge is 2.47. The Balaban J connectivity index is 1.69. The Labute approximate surface area is 187 Å². The second kappa shape index (κ2) is 9.22. The fourth-order valence-electron chi connectivity index (χ4n) is 4.50. The lowest BCUT2D eigenvalue weighted by Crippen LogP contribution is -2.39. The average molecular weight is 440 g/mol. The number of hydrogen-bond donors (Lipinski definition) is 1. The number of nitrogens with zero attached hydrogens (tertiary/aromatic N) is 5. The number of carbonyl (C=O) groups excluding carboxylic acids is 2. The summed E-state index contributed by atoms with van der Waals surface area (Å²) in [5.74, 6) is -1.49. The molecular weight excluding hydrogens is 410 g/mol. The molecule has 0 bridgehead atoms. The molecule has 2 aliphatic heterocycles. The van der Waals surface area contributed by atoms with Crippen molar-refractivity contribution < 1.29 is 19.4 Å². The zero-order valence-corrected chi connectivity index (χ0v) is 18.7. The molecule has 1 atom stereocenters. The van der Waals surface area contributed by atoms with Gasteiger partial charge in [-0.05, 0) is 32.4 Å². The third-order valence-electron chi connectivity index (χ3n) is 6.23. The third kappa shape index (κ3) is 4.05. The summed E-state index contributed by atoms with van der Waals surface area (Å²) in [4.78, 5) is 34.4. The van der Waals surface area contributed by atoms with Crippen LogP contribution in [0.1, 0.15) is 35.1 Å². The minimum absolute atomic E-state index is 0.0688. The van der Waals surface area contributed by atoms with E-state index in [2.05, 4.69) is 15.0 Å². The van der Waals surface area contributed by atoms with Crippen LogP contribution in [0.2, 0.25) is 0 Å². The predicted octanol–water partition coefficient (Wildman–Crippen LogP) is 1.58. The number of aliphatic hydroxyl groups excluding tert-OH is 1. The van der Waals surface area contributed by atoms with Crippen LogP contribution in [0.25, 0.3) is 5.76 Å². The molecule has 170 valence electrons. The van der Waals surface area contributed by atoms with Crippen LogP contribution < -0.4 is 0 Å². The summed E-state index contributed by atoms with van der Waals surface area (Å²) >= 11 is 0. The number of hydrogen-bond acceptors (Lipinski definition) is 7. The van der Waals surface area contributed by atoms with Crippen molar-refractivity contribution in [2.24, 2.45) is 7.05 Å². The van der Waals surface area contributed by atoms with Gasteiger partial charge in [0.1, 0.15) is 11.8 Å². The molecule has 0 aliphatic carbocycles. The summed E-state index contributed by atoms with van der Waals surface area (Å²) in [5.41, 5.74) is 2.43.